The highest BCUT2D eigenvalue weighted by Gasteiger charge is 2.11. The number of hydrogen-bond acceptors (Lipinski definition) is 6. The Bertz CT molecular complexity index is 317. The monoisotopic (exact) mass is 183 g/mol. The van der Waals surface area contributed by atoms with Crippen LogP contribution in [0.1, 0.15) is 0 Å². The molecule has 2 amide bonds. The fourth-order valence-electron chi connectivity index (χ4n) is 0.646. The maximum Gasteiger partial charge on any atom is 0.321 e. The van der Waals surface area contributed by atoms with Crippen LogP contribution in [0.4, 0.5) is 22.6 Å². The van der Waals surface area contributed by atoms with Crippen molar-refractivity contribution in [1.82, 2.24) is 15.0 Å². The first-order valence-corrected chi connectivity index (χ1v) is 3.31. The molecule has 6 N–H and O–H groups in total. The minimum Gasteiger partial charge on any atom is -0.368 e. The molecule has 0 spiro atoms. The number of carbonyl (C=O) groups is 1. The second-order valence-electron chi connectivity index (χ2n) is 2.25. The van der Waals surface area contributed by atoms with Crippen LogP contribution in [0, 0.1) is 0 Å². The van der Waals surface area contributed by atoms with E-state index in [9.17, 15) is 4.79 Å². The van der Waals surface area contributed by atoms with Crippen molar-refractivity contribution in [3.05, 3.63) is 0 Å². The van der Waals surface area contributed by atoms with Gasteiger partial charge in [-0.25, -0.2) is 4.79 Å². The highest BCUT2D eigenvalue weighted by molar-refractivity contribution is 5.88. The van der Waals surface area contributed by atoms with Crippen molar-refractivity contribution < 1.29 is 4.79 Å². The van der Waals surface area contributed by atoms with E-state index in [-0.39, 0.29) is 17.8 Å². The smallest absolute Gasteiger partial charge is 0.321 e. The first-order chi connectivity index (χ1) is 6.00. The van der Waals surface area contributed by atoms with E-state index >= 15 is 0 Å². The van der Waals surface area contributed by atoms with Gasteiger partial charge in [-0.15, -0.1) is 0 Å². The predicted molar refractivity (Wildman–Crippen MR) is 46.6 cm³/mol. The van der Waals surface area contributed by atoms with Gasteiger partial charge in [0.15, 0.2) is 0 Å². The van der Waals surface area contributed by atoms with Crippen LogP contribution in [0.5, 0.6) is 0 Å². The molecule has 0 radical (unpaired) electrons. The third-order valence-electron chi connectivity index (χ3n) is 1.29. The Hall–Kier alpha value is -2.12. The van der Waals surface area contributed by atoms with Crippen molar-refractivity contribution in [1.29, 1.82) is 0 Å². The molecule has 0 aromatic carbocycles. The van der Waals surface area contributed by atoms with Crippen LogP contribution in [-0.2, 0) is 0 Å². The zero-order valence-electron chi connectivity index (χ0n) is 6.93. The minimum absolute atomic E-state index is 0.0255. The molecule has 8 nitrogen and oxygen atoms in total. The third kappa shape index (κ3) is 1.92. The lowest BCUT2D eigenvalue weighted by Gasteiger charge is -2.11. The Balaban J connectivity index is 3.07. The van der Waals surface area contributed by atoms with E-state index in [1.54, 1.807) is 0 Å². The average molecular weight is 183 g/mol. The lowest BCUT2D eigenvalue weighted by molar-refractivity contribution is 0.255. The molecular weight excluding hydrogens is 174 g/mol. The van der Waals surface area contributed by atoms with Gasteiger partial charge in [0.25, 0.3) is 0 Å². The van der Waals surface area contributed by atoms with E-state index in [0.29, 0.717) is 0 Å². The summed E-state index contributed by atoms with van der Waals surface area (Å²) in [7, 11) is 1.40. The van der Waals surface area contributed by atoms with E-state index in [2.05, 4.69) is 15.0 Å². The molecule has 1 aromatic heterocycles. The molecular formula is C5H9N7O. The van der Waals surface area contributed by atoms with Crippen molar-refractivity contribution in [2.75, 3.05) is 23.4 Å². The van der Waals surface area contributed by atoms with Crippen molar-refractivity contribution in [3.8, 4) is 0 Å². The number of primary amides is 1. The second kappa shape index (κ2) is 3.09. The molecule has 0 aliphatic carbocycles. The molecule has 0 bridgehead atoms. The highest BCUT2D eigenvalue weighted by atomic mass is 16.2. The van der Waals surface area contributed by atoms with Crippen LogP contribution in [0.3, 0.4) is 0 Å². The van der Waals surface area contributed by atoms with Crippen LogP contribution in [-0.4, -0.2) is 28.0 Å². The zero-order chi connectivity index (χ0) is 10.0. The van der Waals surface area contributed by atoms with Crippen molar-refractivity contribution in [2.45, 2.75) is 0 Å². The molecule has 70 valence electrons. The summed E-state index contributed by atoms with van der Waals surface area (Å²) in [5, 5.41) is 0. The van der Waals surface area contributed by atoms with E-state index < -0.39 is 6.03 Å². The van der Waals surface area contributed by atoms with Crippen LogP contribution in [0.15, 0.2) is 0 Å². The molecule has 0 saturated heterocycles. The average Bonchev–Trinajstić information content (AvgIpc) is 2.01. The largest absolute Gasteiger partial charge is 0.368 e. The van der Waals surface area contributed by atoms with Gasteiger partial charge in [-0.05, 0) is 0 Å². The summed E-state index contributed by atoms with van der Waals surface area (Å²) < 4.78 is 0. The molecule has 0 unspecified atom stereocenters. The maximum absolute atomic E-state index is 10.7. The fourth-order valence-corrected chi connectivity index (χ4v) is 0.646. The van der Waals surface area contributed by atoms with Crippen LogP contribution >= 0.6 is 0 Å². The molecule has 1 aromatic rings. The summed E-state index contributed by atoms with van der Waals surface area (Å²) in [6.45, 7) is 0. The van der Waals surface area contributed by atoms with E-state index in [1.807, 2.05) is 0 Å². The first kappa shape index (κ1) is 8.97. The number of hydrogen-bond donors (Lipinski definition) is 3. The Morgan fingerprint density at radius 1 is 1.23 bits per heavy atom. The van der Waals surface area contributed by atoms with Gasteiger partial charge in [0.2, 0.25) is 17.8 Å². The van der Waals surface area contributed by atoms with Gasteiger partial charge in [-0.2, -0.15) is 15.0 Å². The number of rotatable bonds is 1. The summed E-state index contributed by atoms with van der Waals surface area (Å²) in [6.07, 6.45) is 0. The van der Waals surface area contributed by atoms with Crippen LogP contribution in [0.25, 0.3) is 0 Å². The Morgan fingerprint density at radius 3 is 2.08 bits per heavy atom. The van der Waals surface area contributed by atoms with E-state index in [0.717, 1.165) is 4.90 Å². The number of nitrogens with two attached hydrogens (primary N) is 3. The number of carbonyl (C=O) groups excluding carboxylic acids is 1. The molecule has 0 saturated carbocycles. The zero-order valence-corrected chi connectivity index (χ0v) is 6.93. The number of urea groups is 1. The predicted octanol–water partition coefficient (Wildman–Crippen LogP) is -1.45. The number of anilines is 3. The lowest BCUT2D eigenvalue weighted by Crippen LogP contribution is -2.33. The summed E-state index contributed by atoms with van der Waals surface area (Å²) in [4.78, 5) is 22.5. The number of amides is 2. The molecule has 0 atom stereocenters. The third-order valence-corrected chi connectivity index (χ3v) is 1.29. The van der Waals surface area contributed by atoms with Gasteiger partial charge in [-0.3, -0.25) is 4.90 Å². The van der Waals surface area contributed by atoms with Crippen molar-refractivity contribution in [2.24, 2.45) is 5.73 Å². The molecule has 1 heterocycles. The molecule has 1 rings (SSSR count). The van der Waals surface area contributed by atoms with Gasteiger partial charge in [0, 0.05) is 7.05 Å². The van der Waals surface area contributed by atoms with Gasteiger partial charge in [0.05, 0.1) is 0 Å². The van der Waals surface area contributed by atoms with Gasteiger partial charge < -0.3 is 17.2 Å². The Morgan fingerprint density at radius 2 is 1.69 bits per heavy atom. The van der Waals surface area contributed by atoms with E-state index in [4.69, 9.17) is 17.2 Å². The Kier molecular flexibility index (Phi) is 2.13. The summed E-state index contributed by atoms with van der Waals surface area (Å²) in [5.74, 6) is -0.0938. The Labute approximate surface area is 73.8 Å². The standard InChI is InChI=1S/C5H9N7O/c1-12(4(8)13)5-10-2(6)9-3(7)11-5/h1H3,(H2,8,13)(H4,6,7,9,10,11). The quantitative estimate of drug-likeness (QED) is 0.487. The molecule has 0 fully saturated rings. The van der Waals surface area contributed by atoms with Crippen molar-refractivity contribution in [3.63, 3.8) is 0 Å². The van der Waals surface area contributed by atoms with Gasteiger partial charge in [0.1, 0.15) is 0 Å². The van der Waals surface area contributed by atoms with Crippen molar-refractivity contribution >= 4 is 23.9 Å². The molecule has 8 heteroatoms. The molecule has 0 aliphatic heterocycles. The van der Waals surface area contributed by atoms with Crippen LogP contribution < -0.4 is 22.1 Å². The van der Waals surface area contributed by atoms with Gasteiger partial charge in [-0.1, -0.05) is 0 Å². The fraction of sp³-hybridized carbons (Fsp3) is 0.200. The normalized spacial score (nSPS) is 9.62. The number of nitrogens with zero attached hydrogens (tertiary/aromatic N) is 4. The lowest BCUT2D eigenvalue weighted by atomic mass is 10.7. The number of nitrogen functional groups attached to an aromatic ring is 2. The maximum atomic E-state index is 10.7. The summed E-state index contributed by atoms with van der Waals surface area (Å²) >= 11 is 0. The molecule has 0 aliphatic rings. The minimum atomic E-state index is -0.704. The summed E-state index contributed by atoms with van der Waals surface area (Å²) in [5.41, 5.74) is 15.5. The first-order valence-electron chi connectivity index (χ1n) is 3.31. The van der Waals surface area contributed by atoms with Crippen LogP contribution in [0.2, 0.25) is 0 Å². The topological polar surface area (TPSA) is 137 Å². The number of aromatic nitrogens is 3. The SMILES string of the molecule is CN(C(N)=O)c1nc(N)nc(N)n1. The summed E-state index contributed by atoms with van der Waals surface area (Å²) in [6, 6.07) is -0.704. The van der Waals surface area contributed by atoms with E-state index in [1.165, 1.54) is 7.05 Å². The van der Waals surface area contributed by atoms with Gasteiger partial charge >= 0.3 is 6.03 Å². The molecule has 13 heavy (non-hydrogen) atoms. The second-order valence-corrected chi connectivity index (χ2v) is 2.25. The highest BCUT2D eigenvalue weighted by Crippen LogP contribution is 2.07.